The van der Waals surface area contributed by atoms with Crippen molar-refractivity contribution in [2.24, 2.45) is 0 Å². The van der Waals surface area contributed by atoms with Gasteiger partial charge in [0.15, 0.2) is 4.77 Å². The lowest BCUT2D eigenvalue weighted by atomic mass is 10.2. The molecule has 0 saturated heterocycles. The highest BCUT2D eigenvalue weighted by Crippen LogP contribution is 2.20. The fourth-order valence-corrected chi connectivity index (χ4v) is 3.55. The van der Waals surface area contributed by atoms with Gasteiger partial charge in [-0.1, -0.05) is 15.9 Å². The zero-order valence-electron chi connectivity index (χ0n) is 15.7. The summed E-state index contributed by atoms with van der Waals surface area (Å²) in [7, 11) is 1.53. The Morgan fingerprint density at radius 3 is 2.59 bits per heavy atom. The first-order valence-electron chi connectivity index (χ1n) is 8.64. The number of carbonyl (C=O) groups is 2. The maximum atomic E-state index is 13.2. The standard InChI is InChI=1S/C20H18BrFN4O2S/c1-12-9-13(21)3-8-16(12)24-18(27)11-25(2)19(28)17-10-23-20(29)26(17)15-6-4-14(22)5-7-15/h3-10H,11H2,1-2H3,(H,23,29)(H,24,27). The number of hydrogen-bond donors (Lipinski definition) is 2. The van der Waals surface area contributed by atoms with Gasteiger partial charge in [0.25, 0.3) is 5.91 Å². The Morgan fingerprint density at radius 2 is 1.93 bits per heavy atom. The molecule has 2 amide bonds. The minimum Gasteiger partial charge on any atom is -0.336 e. The zero-order valence-corrected chi connectivity index (χ0v) is 18.1. The molecule has 9 heteroatoms. The number of hydrogen-bond acceptors (Lipinski definition) is 3. The average molecular weight is 477 g/mol. The summed E-state index contributed by atoms with van der Waals surface area (Å²) in [6, 6.07) is 11.1. The smallest absolute Gasteiger partial charge is 0.272 e. The van der Waals surface area contributed by atoms with Crippen LogP contribution in [0, 0.1) is 17.5 Å². The molecule has 150 valence electrons. The van der Waals surface area contributed by atoms with Gasteiger partial charge in [-0.15, -0.1) is 0 Å². The van der Waals surface area contributed by atoms with Crippen molar-refractivity contribution in [3.05, 3.63) is 75.0 Å². The number of aryl methyl sites for hydroxylation is 1. The van der Waals surface area contributed by atoms with Crippen molar-refractivity contribution in [2.75, 3.05) is 18.9 Å². The van der Waals surface area contributed by atoms with Gasteiger partial charge in [0, 0.05) is 29.1 Å². The number of benzene rings is 2. The molecule has 2 aromatic carbocycles. The van der Waals surface area contributed by atoms with Crippen LogP contribution in [0.4, 0.5) is 10.1 Å². The second kappa shape index (κ2) is 8.71. The lowest BCUT2D eigenvalue weighted by molar-refractivity contribution is -0.116. The number of likely N-dealkylation sites (N-methyl/N-ethyl adjacent to an activating group) is 1. The van der Waals surface area contributed by atoms with Crippen molar-refractivity contribution in [3.63, 3.8) is 0 Å². The van der Waals surface area contributed by atoms with Crippen LogP contribution in [-0.4, -0.2) is 39.9 Å². The van der Waals surface area contributed by atoms with Crippen LogP contribution in [0.3, 0.4) is 0 Å². The van der Waals surface area contributed by atoms with Gasteiger partial charge in [-0.2, -0.15) is 0 Å². The van der Waals surface area contributed by atoms with Crippen LogP contribution in [-0.2, 0) is 4.79 Å². The summed E-state index contributed by atoms with van der Waals surface area (Å²) < 4.78 is 15.9. The van der Waals surface area contributed by atoms with Gasteiger partial charge < -0.3 is 15.2 Å². The first kappa shape index (κ1) is 20.9. The van der Waals surface area contributed by atoms with Crippen molar-refractivity contribution in [2.45, 2.75) is 6.92 Å². The minimum absolute atomic E-state index is 0.143. The molecule has 2 N–H and O–H groups in total. The Balaban J connectivity index is 1.76. The molecule has 0 unspecified atom stereocenters. The third-order valence-electron chi connectivity index (χ3n) is 4.27. The fourth-order valence-electron chi connectivity index (χ4n) is 2.81. The van der Waals surface area contributed by atoms with Gasteiger partial charge in [-0.05, 0) is 67.2 Å². The SMILES string of the molecule is Cc1cc(Br)ccc1NC(=O)CN(C)C(=O)c1c[nH]c(=S)n1-c1ccc(F)cc1. The van der Waals surface area contributed by atoms with E-state index in [2.05, 4.69) is 26.2 Å². The highest BCUT2D eigenvalue weighted by molar-refractivity contribution is 9.10. The Hall–Kier alpha value is -2.78. The zero-order chi connectivity index (χ0) is 21.1. The van der Waals surface area contributed by atoms with Crippen molar-refractivity contribution in [1.82, 2.24) is 14.5 Å². The minimum atomic E-state index is -0.399. The molecule has 0 aliphatic heterocycles. The molecule has 0 aliphatic rings. The maximum absolute atomic E-state index is 13.2. The predicted octanol–water partition coefficient (Wildman–Crippen LogP) is 4.46. The van der Waals surface area contributed by atoms with E-state index in [-0.39, 0.29) is 24.0 Å². The van der Waals surface area contributed by atoms with Crippen LogP contribution in [0.1, 0.15) is 16.1 Å². The summed E-state index contributed by atoms with van der Waals surface area (Å²) in [5.74, 6) is -1.11. The van der Waals surface area contributed by atoms with Gasteiger partial charge >= 0.3 is 0 Å². The van der Waals surface area contributed by atoms with E-state index < -0.39 is 5.91 Å². The third-order valence-corrected chi connectivity index (χ3v) is 5.06. The second-order valence-corrected chi connectivity index (χ2v) is 7.76. The molecule has 1 aromatic heterocycles. The number of halogens is 2. The predicted molar refractivity (Wildman–Crippen MR) is 115 cm³/mol. The summed E-state index contributed by atoms with van der Waals surface area (Å²) >= 11 is 8.63. The molecule has 29 heavy (non-hydrogen) atoms. The van der Waals surface area contributed by atoms with E-state index in [9.17, 15) is 14.0 Å². The quantitative estimate of drug-likeness (QED) is 0.534. The van der Waals surface area contributed by atoms with Crippen LogP contribution in [0.5, 0.6) is 0 Å². The molecular formula is C20H18BrFN4O2S. The molecule has 0 aliphatic carbocycles. The van der Waals surface area contributed by atoms with E-state index in [0.29, 0.717) is 16.1 Å². The number of anilines is 1. The Kier molecular flexibility index (Phi) is 6.29. The third kappa shape index (κ3) is 4.80. The summed E-state index contributed by atoms with van der Waals surface area (Å²) in [4.78, 5) is 29.4. The van der Waals surface area contributed by atoms with Crippen LogP contribution in [0.25, 0.3) is 5.69 Å². The molecule has 6 nitrogen and oxygen atoms in total. The normalized spacial score (nSPS) is 10.6. The molecule has 3 rings (SSSR count). The van der Waals surface area contributed by atoms with Gasteiger partial charge in [0.05, 0.1) is 6.54 Å². The summed E-state index contributed by atoms with van der Waals surface area (Å²) in [6.07, 6.45) is 1.47. The van der Waals surface area contributed by atoms with Gasteiger partial charge in [0.1, 0.15) is 11.5 Å². The Labute approximate surface area is 180 Å². The number of carbonyl (C=O) groups excluding carboxylic acids is 2. The van der Waals surface area contributed by atoms with Crippen LogP contribution >= 0.6 is 28.1 Å². The molecular weight excluding hydrogens is 459 g/mol. The van der Waals surface area contributed by atoms with Gasteiger partial charge in [-0.3, -0.25) is 14.2 Å². The number of H-pyrrole nitrogens is 1. The molecule has 0 spiro atoms. The highest BCUT2D eigenvalue weighted by atomic mass is 79.9. The number of amides is 2. The average Bonchev–Trinajstić information content (AvgIpc) is 3.05. The fraction of sp³-hybridized carbons (Fsp3) is 0.150. The number of imidazole rings is 1. The Morgan fingerprint density at radius 1 is 1.24 bits per heavy atom. The monoisotopic (exact) mass is 476 g/mol. The number of aromatic amines is 1. The molecule has 1 heterocycles. The van der Waals surface area contributed by atoms with Crippen LogP contribution in [0.2, 0.25) is 0 Å². The Bertz CT molecular complexity index is 1120. The molecule has 0 radical (unpaired) electrons. The van der Waals surface area contributed by atoms with Gasteiger partial charge in [0.2, 0.25) is 5.91 Å². The lowest BCUT2D eigenvalue weighted by Gasteiger charge is -2.18. The molecule has 0 fully saturated rings. The second-order valence-electron chi connectivity index (χ2n) is 6.46. The topological polar surface area (TPSA) is 70.1 Å². The number of nitrogens with zero attached hydrogens (tertiary/aromatic N) is 2. The largest absolute Gasteiger partial charge is 0.336 e. The van der Waals surface area contributed by atoms with Crippen molar-refractivity contribution in [3.8, 4) is 5.69 Å². The summed E-state index contributed by atoms with van der Waals surface area (Å²) in [5.41, 5.74) is 2.37. The van der Waals surface area contributed by atoms with Crippen LogP contribution < -0.4 is 5.32 Å². The van der Waals surface area contributed by atoms with E-state index in [1.54, 1.807) is 6.07 Å². The molecule has 0 bridgehead atoms. The first-order valence-corrected chi connectivity index (χ1v) is 9.84. The van der Waals surface area contributed by atoms with Crippen molar-refractivity contribution < 1.29 is 14.0 Å². The maximum Gasteiger partial charge on any atom is 0.272 e. The van der Waals surface area contributed by atoms with E-state index in [1.165, 1.54) is 47.0 Å². The highest BCUT2D eigenvalue weighted by Gasteiger charge is 2.20. The lowest BCUT2D eigenvalue weighted by Crippen LogP contribution is -2.36. The molecule has 0 atom stereocenters. The van der Waals surface area contributed by atoms with E-state index in [4.69, 9.17) is 12.2 Å². The summed E-state index contributed by atoms with van der Waals surface area (Å²) in [5, 5.41) is 2.80. The van der Waals surface area contributed by atoms with E-state index in [0.717, 1.165) is 10.0 Å². The molecule has 0 saturated carbocycles. The first-order chi connectivity index (χ1) is 13.8. The number of aromatic nitrogens is 2. The van der Waals surface area contributed by atoms with E-state index >= 15 is 0 Å². The van der Waals surface area contributed by atoms with Crippen molar-refractivity contribution in [1.29, 1.82) is 0 Å². The van der Waals surface area contributed by atoms with E-state index in [1.807, 2.05) is 19.1 Å². The summed E-state index contributed by atoms with van der Waals surface area (Å²) in [6.45, 7) is 1.74. The number of rotatable bonds is 5. The molecule has 3 aromatic rings. The van der Waals surface area contributed by atoms with Crippen molar-refractivity contribution >= 4 is 45.6 Å². The number of nitrogens with one attached hydrogen (secondary N) is 2. The van der Waals surface area contributed by atoms with Gasteiger partial charge in [-0.25, -0.2) is 4.39 Å². The van der Waals surface area contributed by atoms with Crippen LogP contribution in [0.15, 0.2) is 53.1 Å².